The van der Waals surface area contributed by atoms with Crippen molar-refractivity contribution < 1.29 is 9.72 Å². The van der Waals surface area contributed by atoms with Crippen molar-refractivity contribution in [3.63, 3.8) is 0 Å². The molecule has 1 aromatic heterocycles. The predicted molar refractivity (Wildman–Crippen MR) is 83.2 cm³/mol. The molecule has 0 radical (unpaired) electrons. The quantitative estimate of drug-likeness (QED) is 0.604. The number of amides is 1. The number of thiazole rings is 1. The molecule has 3 rings (SSSR count). The zero-order valence-electron chi connectivity index (χ0n) is 12.5. The van der Waals surface area contributed by atoms with Crippen molar-refractivity contribution in [2.75, 3.05) is 44.7 Å². The Morgan fingerprint density at radius 3 is 2.64 bits per heavy atom. The molecule has 2 aliphatic rings. The van der Waals surface area contributed by atoms with Gasteiger partial charge in [-0.05, 0) is 37.8 Å². The van der Waals surface area contributed by atoms with Gasteiger partial charge in [-0.15, -0.1) is 0 Å². The Balaban J connectivity index is 1.57. The molecule has 22 heavy (non-hydrogen) atoms. The maximum Gasteiger partial charge on any atom is 0.345 e. The number of piperazine rings is 1. The van der Waals surface area contributed by atoms with E-state index in [-0.39, 0.29) is 17.0 Å². The molecular formula is C13H19N5O3S. The Hall–Kier alpha value is -1.74. The van der Waals surface area contributed by atoms with Crippen LogP contribution >= 0.6 is 11.3 Å². The molecule has 0 aliphatic carbocycles. The molecule has 3 heterocycles. The first-order valence-corrected chi connectivity index (χ1v) is 8.22. The van der Waals surface area contributed by atoms with Gasteiger partial charge in [-0.1, -0.05) is 0 Å². The molecule has 120 valence electrons. The molecule has 1 unspecified atom stereocenters. The molecule has 0 spiro atoms. The first kappa shape index (κ1) is 15.2. The highest BCUT2D eigenvalue weighted by Gasteiger charge is 2.33. The lowest BCUT2D eigenvalue weighted by Crippen LogP contribution is -2.53. The van der Waals surface area contributed by atoms with Crippen molar-refractivity contribution >= 4 is 27.4 Å². The van der Waals surface area contributed by atoms with Crippen LogP contribution in [0.15, 0.2) is 6.20 Å². The molecule has 9 heteroatoms. The summed E-state index contributed by atoms with van der Waals surface area (Å²) in [6.07, 6.45) is 3.31. The largest absolute Gasteiger partial charge is 0.345 e. The third-order valence-electron chi connectivity index (χ3n) is 4.33. The summed E-state index contributed by atoms with van der Waals surface area (Å²) in [7, 11) is 2.00. The fraction of sp³-hybridized carbons (Fsp3) is 0.692. The molecule has 0 saturated carbocycles. The van der Waals surface area contributed by atoms with Crippen LogP contribution in [0, 0.1) is 10.1 Å². The number of hydrogen-bond acceptors (Lipinski definition) is 7. The minimum absolute atomic E-state index is 0.0208. The van der Waals surface area contributed by atoms with E-state index < -0.39 is 4.92 Å². The van der Waals surface area contributed by atoms with Crippen molar-refractivity contribution in [3.8, 4) is 0 Å². The third-order valence-corrected chi connectivity index (χ3v) is 5.34. The zero-order valence-corrected chi connectivity index (χ0v) is 13.3. The number of aromatic nitrogens is 1. The van der Waals surface area contributed by atoms with E-state index in [2.05, 4.69) is 9.88 Å². The number of hydrogen-bond donors (Lipinski definition) is 0. The second-order valence-corrected chi connectivity index (χ2v) is 6.68. The van der Waals surface area contributed by atoms with Gasteiger partial charge in [0.15, 0.2) is 5.13 Å². The average molecular weight is 325 g/mol. The number of nitro groups is 1. The van der Waals surface area contributed by atoms with Crippen LogP contribution in [0.5, 0.6) is 0 Å². The van der Waals surface area contributed by atoms with Crippen molar-refractivity contribution in [3.05, 3.63) is 16.3 Å². The molecule has 2 aliphatic heterocycles. The highest BCUT2D eigenvalue weighted by Crippen LogP contribution is 2.29. The molecule has 8 nitrogen and oxygen atoms in total. The number of likely N-dealkylation sites (tertiary alicyclic amines) is 1. The molecular weight excluding hydrogens is 306 g/mol. The van der Waals surface area contributed by atoms with Crippen LogP contribution in [0.25, 0.3) is 0 Å². The van der Waals surface area contributed by atoms with Gasteiger partial charge >= 0.3 is 5.00 Å². The highest BCUT2D eigenvalue weighted by atomic mass is 32.1. The van der Waals surface area contributed by atoms with Crippen LogP contribution in [0.3, 0.4) is 0 Å². The number of likely N-dealkylation sites (N-methyl/N-ethyl adjacent to an activating group) is 1. The Morgan fingerprint density at radius 1 is 1.36 bits per heavy atom. The van der Waals surface area contributed by atoms with E-state index in [1.165, 1.54) is 6.20 Å². The first-order chi connectivity index (χ1) is 10.6. The fourth-order valence-electron chi connectivity index (χ4n) is 3.04. The number of carbonyl (C=O) groups excluding carboxylic acids is 1. The summed E-state index contributed by atoms with van der Waals surface area (Å²) < 4.78 is 0. The van der Waals surface area contributed by atoms with E-state index >= 15 is 0 Å². The lowest BCUT2D eigenvalue weighted by molar-refractivity contribution is -0.380. The van der Waals surface area contributed by atoms with Crippen LogP contribution in [0.2, 0.25) is 0 Å². The van der Waals surface area contributed by atoms with Gasteiger partial charge in [-0.25, -0.2) is 4.98 Å². The van der Waals surface area contributed by atoms with Gasteiger partial charge in [0.2, 0.25) is 5.91 Å². The van der Waals surface area contributed by atoms with E-state index in [4.69, 9.17) is 0 Å². The van der Waals surface area contributed by atoms with Crippen molar-refractivity contribution in [2.24, 2.45) is 0 Å². The Kier molecular flexibility index (Phi) is 4.25. The van der Waals surface area contributed by atoms with Gasteiger partial charge < -0.3 is 9.80 Å². The Morgan fingerprint density at radius 2 is 2.09 bits per heavy atom. The SMILES string of the molecule is CN1CCCC1C(=O)N1CCN(c2ncc([N+](=O)[O-])s2)CC1. The minimum Gasteiger partial charge on any atom is -0.344 e. The summed E-state index contributed by atoms with van der Waals surface area (Å²) in [5, 5.41) is 11.4. The molecule has 1 aromatic rings. The van der Waals surface area contributed by atoms with Crippen LogP contribution in [0.1, 0.15) is 12.8 Å². The Labute approximate surface area is 132 Å². The summed E-state index contributed by atoms with van der Waals surface area (Å²) in [5.41, 5.74) is 0. The minimum atomic E-state index is -0.420. The maximum absolute atomic E-state index is 12.5. The fourth-order valence-corrected chi connectivity index (χ4v) is 3.82. The van der Waals surface area contributed by atoms with Crippen molar-refractivity contribution in [1.82, 2.24) is 14.8 Å². The van der Waals surface area contributed by atoms with E-state index in [0.29, 0.717) is 31.3 Å². The lowest BCUT2D eigenvalue weighted by atomic mass is 10.2. The maximum atomic E-state index is 12.5. The predicted octanol–water partition coefficient (Wildman–Crippen LogP) is 0.794. The summed E-state index contributed by atoms with van der Waals surface area (Å²) in [4.78, 5) is 33.0. The van der Waals surface area contributed by atoms with E-state index in [9.17, 15) is 14.9 Å². The van der Waals surface area contributed by atoms with Crippen molar-refractivity contribution in [2.45, 2.75) is 18.9 Å². The molecule has 0 aromatic carbocycles. The van der Waals surface area contributed by atoms with Crippen molar-refractivity contribution in [1.29, 1.82) is 0 Å². The molecule has 1 atom stereocenters. The van der Waals surface area contributed by atoms with E-state index in [1.54, 1.807) is 0 Å². The average Bonchev–Trinajstić information content (AvgIpc) is 3.15. The van der Waals surface area contributed by atoms with Crippen LogP contribution in [0.4, 0.5) is 10.1 Å². The van der Waals surface area contributed by atoms with Gasteiger partial charge in [0.25, 0.3) is 0 Å². The standard InChI is InChI=1S/C13H19N5O3S/c1-15-4-2-3-10(15)12(19)16-5-7-17(8-6-16)13-14-9-11(22-13)18(20)21/h9-10H,2-8H2,1H3. The highest BCUT2D eigenvalue weighted by molar-refractivity contribution is 7.18. The molecule has 0 N–H and O–H groups in total. The summed E-state index contributed by atoms with van der Waals surface area (Å²) in [6.45, 7) is 3.63. The Bertz CT molecular complexity index is 570. The van der Waals surface area contributed by atoms with Gasteiger partial charge in [0.1, 0.15) is 6.20 Å². The van der Waals surface area contributed by atoms with Gasteiger partial charge in [-0.2, -0.15) is 0 Å². The summed E-state index contributed by atoms with van der Waals surface area (Å²) >= 11 is 1.09. The molecule has 2 saturated heterocycles. The second-order valence-electron chi connectivity index (χ2n) is 5.69. The number of rotatable bonds is 3. The molecule has 2 fully saturated rings. The van der Waals surface area contributed by atoms with E-state index in [1.807, 2.05) is 16.8 Å². The lowest BCUT2D eigenvalue weighted by Gasteiger charge is -2.36. The molecule has 1 amide bonds. The molecule has 0 bridgehead atoms. The monoisotopic (exact) mass is 325 g/mol. The smallest absolute Gasteiger partial charge is 0.344 e. The van der Waals surface area contributed by atoms with Gasteiger partial charge in [-0.3, -0.25) is 19.8 Å². The third kappa shape index (κ3) is 2.91. The van der Waals surface area contributed by atoms with Gasteiger partial charge in [0, 0.05) is 26.2 Å². The normalized spacial score (nSPS) is 23.0. The van der Waals surface area contributed by atoms with Gasteiger partial charge in [0.05, 0.1) is 11.0 Å². The van der Waals surface area contributed by atoms with Crippen LogP contribution in [-0.4, -0.2) is 71.4 Å². The summed E-state index contributed by atoms with van der Waals surface area (Å²) in [6, 6.07) is 0.0208. The number of anilines is 1. The van der Waals surface area contributed by atoms with E-state index in [0.717, 1.165) is 30.7 Å². The van der Waals surface area contributed by atoms with Crippen LogP contribution < -0.4 is 4.90 Å². The second kappa shape index (κ2) is 6.17. The number of nitrogens with zero attached hydrogens (tertiary/aromatic N) is 5. The first-order valence-electron chi connectivity index (χ1n) is 7.40. The number of carbonyl (C=O) groups is 1. The zero-order chi connectivity index (χ0) is 15.7. The topological polar surface area (TPSA) is 82.8 Å². The summed E-state index contributed by atoms with van der Waals surface area (Å²) in [5.74, 6) is 0.213. The van der Waals surface area contributed by atoms with Crippen LogP contribution in [-0.2, 0) is 4.79 Å².